The van der Waals surface area contributed by atoms with Gasteiger partial charge in [0.05, 0.1) is 17.8 Å². The molecule has 1 aromatic rings. The molecule has 3 N–H and O–H groups in total. The second-order valence-electron chi connectivity index (χ2n) is 13.7. The third kappa shape index (κ3) is 4.50. The van der Waals surface area contributed by atoms with Gasteiger partial charge in [-0.15, -0.1) is 0 Å². The standard InChI is InChI=1S/C33H48O4/c1-5-24-28-19-23(34)15-17-33(28,4)27-16-18-32(3)25(13-14-26(32)29(27)30(24)35)20(2)7-6-8-21-9-11-22(12-10-21)31(36)37/h6,8-12,20,23-30,34-35H,5,7,13-19H2,1-4H3,(H,36,37)/b8-6+/t20-,23-,24-,25-,26?,27?,28+,29?,30-,32?,33?/m1/s1. The highest BCUT2D eigenvalue weighted by Crippen LogP contribution is 2.69. The summed E-state index contributed by atoms with van der Waals surface area (Å²) in [5, 5.41) is 31.5. The van der Waals surface area contributed by atoms with Crippen LogP contribution in [0.5, 0.6) is 0 Å². The highest BCUT2D eigenvalue weighted by molar-refractivity contribution is 5.87. The van der Waals surface area contributed by atoms with Crippen molar-refractivity contribution in [2.75, 3.05) is 0 Å². The molecule has 0 heterocycles. The number of aromatic carboxylic acids is 1. The Kier molecular flexibility index (Phi) is 7.39. The Bertz CT molecular complexity index is 1000. The monoisotopic (exact) mass is 508 g/mol. The van der Waals surface area contributed by atoms with Crippen LogP contribution in [0.25, 0.3) is 6.08 Å². The van der Waals surface area contributed by atoms with Crippen LogP contribution in [0.3, 0.4) is 0 Å². The van der Waals surface area contributed by atoms with E-state index in [0.29, 0.717) is 47.0 Å². The zero-order valence-corrected chi connectivity index (χ0v) is 23.3. The minimum absolute atomic E-state index is 0.190. The summed E-state index contributed by atoms with van der Waals surface area (Å²) in [5.74, 6) is 2.72. The Morgan fingerprint density at radius 3 is 2.35 bits per heavy atom. The van der Waals surface area contributed by atoms with E-state index < -0.39 is 5.97 Å². The number of allylic oxidation sites excluding steroid dienone is 1. The molecule has 0 bridgehead atoms. The molecule has 4 heteroatoms. The zero-order chi connectivity index (χ0) is 26.5. The molecule has 0 amide bonds. The zero-order valence-electron chi connectivity index (χ0n) is 23.3. The lowest BCUT2D eigenvalue weighted by Gasteiger charge is -2.64. The van der Waals surface area contributed by atoms with E-state index in [9.17, 15) is 15.0 Å². The smallest absolute Gasteiger partial charge is 0.335 e. The van der Waals surface area contributed by atoms with Gasteiger partial charge in [-0.05, 0) is 121 Å². The van der Waals surface area contributed by atoms with Gasteiger partial charge in [0, 0.05) is 0 Å². The van der Waals surface area contributed by atoms with Crippen LogP contribution >= 0.6 is 0 Å². The second-order valence-corrected chi connectivity index (χ2v) is 13.7. The minimum Gasteiger partial charge on any atom is -0.478 e. The van der Waals surface area contributed by atoms with Crippen molar-refractivity contribution in [1.82, 2.24) is 0 Å². The fourth-order valence-corrected chi connectivity index (χ4v) is 10.3. The largest absolute Gasteiger partial charge is 0.478 e. The third-order valence-corrected chi connectivity index (χ3v) is 12.1. The number of hydrogen-bond donors (Lipinski definition) is 3. The number of carboxylic acid groups (broad SMARTS) is 1. The first-order valence-electron chi connectivity index (χ1n) is 15.0. The van der Waals surface area contributed by atoms with Gasteiger partial charge in [-0.3, -0.25) is 0 Å². The fourth-order valence-electron chi connectivity index (χ4n) is 10.3. The van der Waals surface area contributed by atoms with Crippen molar-refractivity contribution < 1.29 is 20.1 Å². The van der Waals surface area contributed by atoms with Crippen molar-refractivity contribution in [2.24, 2.45) is 52.3 Å². The normalized spacial score (nSPS) is 44.2. The second kappa shape index (κ2) is 10.2. The van der Waals surface area contributed by atoms with Crippen molar-refractivity contribution in [3.05, 3.63) is 41.5 Å². The van der Waals surface area contributed by atoms with Gasteiger partial charge in [0.2, 0.25) is 0 Å². The van der Waals surface area contributed by atoms with Crippen LogP contribution in [0.2, 0.25) is 0 Å². The number of aliphatic hydroxyl groups is 2. The van der Waals surface area contributed by atoms with Crippen LogP contribution in [0, 0.1) is 52.3 Å². The maximum atomic E-state index is 11.9. The van der Waals surface area contributed by atoms with Crippen LogP contribution < -0.4 is 0 Å². The van der Waals surface area contributed by atoms with Gasteiger partial charge in [0.15, 0.2) is 0 Å². The molecule has 0 spiro atoms. The van der Waals surface area contributed by atoms with Gasteiger partial charge in [-0.25, -0.2) is 4.79 Å². The molecule has 204 valence electrons. The number of carboxylic acids is 1. The molecule has 4 aliphatic rings. The SMILES string of the molecule is CC[C@H]1[C@@H](O)C2C3CC[C@H]([C@H](C)C/C=C/c4ccc(C(=O)O)cc4)C3(C)CCC2C2(C)CC[C@@H](O)C[C@@H]12. The molecular formula is C33H48O4. The number of carbonyl (C=O) groups is 1. The van der Waals surface area contributed by atoms with E-state index in [1.165, 1.54) is 25.7 Å². The Labute approximate surface area is 223 Å². The first-order chi connectivity index (χ1) is 17.6. The van der Waals surface area contributed by atoms with Gasteiger partial charge in [-0.2, -0.15) is 0 Å². The van der Waals surface area contributed by atoms with Crippen LogP contribution in [-0.4, -0.2) is 33.5 Å². The number of hydrogen-bond acceptors (Lipinski definition) is 3. The van der Waals surface area contributed by atoms with E-state index >= 15 is 0 Å². The molecule has 4 saturated carbocycles. The molecule has 0 radical (unpaired) electrons. The molecule has 37 heavy (non-hydrogen) atoms. The van der Waals surface area contributed by atoms with E-state index in [2.05, 4.69) is 39.8 Å². The van der Waals surface area contributed by atoms with Crippen molar-refractivity contribution in [1.29, 1.82) is 0 Å². The molecule has 1 aromatic carbocycles. The summed E-state index contributed by atoms with van der Waals surface area (Å²) in [5.41, 5.74) is 1.91. The summed E-state index contributed by atoms with van der Waals surface area (Å²) in [4.78, 5) is 11.1. The maximum Gasteiger partial charge on any atom is 0.335 e. The number of rotatable bonds is 6. The maximum absolute atomic E-state index is 11.9. The molecule has 4 aliphatic carbocycles. The molecule has 0 aliphatic heterocycles. The molecule has 0 saturated heterocycles. The Hall–Kier alpha value is -1.65. The predicted molar refractivity (Wildman–Crippen MR) is 148 cm³/mol. The Balaban J connectivity index is 1.31. The average Bonchev–Trinajstić information content (AvgIpc) is 3.23. The van der Waals surface area contributed by atoms with Crippen molar-refractivity contribution in [3.8, 4) is 0 Å². The van der Waals surface area contributed by atoms with Gasteiger partial charge in [0.25, 0.3) is 0 Å². The van der Waals surface area contributed by atoms with Gasteiger partial charge >= 0.3 is 5.97 Å². The first kappa shape index (κ1) is 26.9. The predicted octanol–water partition coefficient (Wildman–Crippen LogP) is 7.05. The van der Waals surface area contributed by atoms with E-state index in [-0.39, 0.29) is 23.0 Å². The van der Waals surface area contributed by atoms with Gasteiger partial charge < -0.3 is 15.3 Å². The van der Waals surface area contributed by atoms with Crippen LogP contribution in [0.15, 0.2) is 30.3 Å². The number of fused-ring (bicyclic) bond motifs is 5. The summed E-state index contributed by atoms with van der Waals surface area (Å²) in [7, 11) is 0. The average molecular weight is 509 g/mol. The highest BCUT2D eigenvalue weighted by atomic mass is 16.4. The molecule has 0 aromatic heterocycles. The molecular weight excluding hydrogens is 460 g/mol. The molecule has 4 fully saturated rings. The summed E-state index contributed by atoms with van der Waals surface area (Å²) in [6, 6.07) is 7.10. The van der Waals surface area contributed by atoms with Crippen molar-refractivity contribution in [3.63, 3.8) is 0 Å². The summed E-state index contributed by atoms with van der Waals surface area (Å²) >= 11 is 0. The van der Waals surface area contributed by atoms with Crippen LogP contribution in [0.1, 0.15) is 101 Å². The van der Waals surface area contributed by atoms with E-state index in [1.54, 1.807) is 12.1 Å². The minimum atomic E-state index is -0.887. The van der Waals surface area contributed by atoms with Crippen molar-refractivity contribution in [2.45, 2.75) is 97.7 Å². The van der Waals surface area contributed by atoms with Gasteiger partial charge in [-0.1, -0.05) is 58.4 Å². The Morgan fingerprint density at radius 2 is 1.68 bits per heavy atom. The summed E-state index contributed by atoms with van der Waals surface area (Å²) in [6.07, 6.45) is 13.9. The van der Waals surface area contributed by atoms with E-state index in [4.69, 9.17) is 5.11 Å². The summed E-state index contributed by atoms with van der Waals surface area (Å²) < 4.78 is 0. The molecule has 5 rings (SSSR count). The molecule has 11 atom stereocenters. The Morgan fingerprint density at radius 1 is 1.00 bits per heavy atom. The topological polar surface area (TPSA) is 77.8 Å². The van der Waals surface area contributed by atoms with Crippen LogP contribution in [-0.2, 0) is 0 Å². The lowest BCUT2D eigenvalue weighted by Crippen LogP contribution is -2.62. The number of benzene rings is 1. The highest BCUT2D eigenvalue weighted by Gasteiger charge is 2.64. The molecule has 4 nitrogen and oxygen atoms in total. The lowest BCUT2D eigenvalue weighted by atomic mass is 9.41. The van der Waals surface area contributed by atoms with E-state index in [0.717, 1.165) is 37.7 Å². The third-order valence-electron chi connectivity index (χ3n) is 12.1. The van der Waals surface area contributed by atoms with E-state index in [1.807, 2.05) is 12.1 Å². The quantitative estimate of drug-likeness (QED) is 0.385. The van der Waals surface area contributed by atoms with Gasteiger partial charge in [0.1, 0.15) is 0 Å². The molecule has 5 unspecified atom stereocenters. The van der Waals surface area contributed by atoms with Crippen LogP contribution in [0.4, 0.5) is 0 Å². The first-order valence-corrected chi connectivity index (χ1v) is 15.0. The van der Waals surface area contributed by atoms with Crippen molar-refractivity contribution >= 4 is 12.0 Å². The fraction of sp³-hybridized carbons (Fsp3) is 0.727. The number of aliphatic hydroxyl groups excluding tert-OH is 2. The summed E-state index contributed by atoms with van der Waals surface area (Å²) in [6.45, 7) is 9.72. The lowest BCUT2D eigenvalue weighted by molar-refractivity contribution is -0.203.